The molecule has 3 N–H and O–H groups in total. The van der Waals surface area contributed by atoms with E-state index >= 15 is 0 Å². The first kappa shape index (κ1) is 16.5. The molecule has 5 heteroatoms. The number of fused-ring (bicyclic) bond motifs is 1. The highest BCUT2D eigenvalue weighted by atomic mass is 35.5. The number of rotatable bonds is 4. The molecule has 0 radical (unpaired) electrons. The average Bonchev–Trinajstić information content (AvgIpc) is 2.91. The Labute approximate surface area is 134 Å². The number of aliphatic hydroxyl groups is 1. The largest absolute Gasteiger partial charge is 0.389 e. The van der Waals surface area contributed by atoms with E-state index in [1.54, 1.807) is 6.07 Å². The van der Waals surface area contributed by atoms with Crippen molar-refractivity contribution < 1.29 is 9.50 Å². The van der Waals surface area contributed by atoms with Gasteiger partial charge in [0.2, 0.25) is 0 Å². The minimum atomic E-state index is -0.715. The van der Waals surface area contributed by atoms with Crippen LogP contribution in [-0.2, 0) is 0 Å². The Morgan fingerprint density at radius 1 is 1.09 bits per heavy atom. The molecule has 1 aromatic heterocycles. The second kappa shape index (κ2) is 6.92. The molecule has 3 rings (SSSR count). The van der Waals surface area contributed by atoms with Crippen LogP contribution in [0.5, 0.6) is 0 Å². The van der Waals surface area contributed by atoms with E-state index in [0.29, 0.717) is 0 Å². The maximum absolute atomic E-state index is 13.3. The third-order valence-electron chi connectivity index (χ3n) is 3.73. The van der Waals surface area contributed by atoms with Crippen molar-refractivity contribution in [2.75, 3.05) is 6.54 Å². The molecule has 0 saturated heterocycles. The number of nitrogens with two attached hydrogens (primary N) is 1. The van der Waals surface area contributed by atoms with Gasteiger partial charge in [0.1, 0.15) is 5.82 Å². The third kappa shape index (κ3) is 2.99. The number of halogens is 2. The van der Waals surface area contributed by atoms with Crippen LogP contribution in [0.2, 0.25) is 0 Å². The van der Waals surface area contributed by atoms with Gasteiger partial charge in [0.05, 0.1) is 12.1 Å². The lowest BCUT2D eigenvalue weighted by molar-refractivity contribution is 0.140. The fourth-order valence-electron chi connectivity index (χ4n) is 2.72. The molecule has 0 amide bonds. The van der Waals surface area contributed by atoms with Crippen LogP contribution < -0.4 is 5.73 Å². The van der Waals surface area contributed by atoms with E-state index in [4.69, 9.17) is 5.73 Å². The Morgan fingerprint density at radius 2 is 1.82 bits per heavy atom. The van der Waals surface area contributed by atoms with Crippen molar-refractivity contribution >= 4 is 23.3 Å². The van der Waals surface area contributed by atoms with Crippen molar-refractivity contribution in [1.82, 2.24) is 4.57 Å². The molecule has 0 aliphatic heterocycles. The van der Waals surface area contributed by atoms with Crippen molar-refractivity contribution in [3.8, 4) is 0 Å². The van der Waals surface area contributed by atoms with Crippen LogP contribution in [0.4, 0.5) is 4.39 Å². The van der Waals surface area contributed by atoms with Gasteiger partial charge in [-0.05, 0) is 29.8 Å². The maximum Gasteiger partial charge on any atom is 0.123 e. The number of benzene rings is 2. The van der Waals surface area contributed by atoms with Crippen LogP contribution in [0.25, 0.3) is 10.9 Å². The zero-order valence-electron chi connectivity index (χ0n) is 11.9. The molecule has 2 aromatic carbocycles. The quantitative estimate of drug-likeness (QED) is 0.776. The van der Waals surface area contributed by atoms with Crippen molar-refractivity contribution in [3.63, 3.8) is 0 Å². The molecule has 0 saturated carbocycles. The molecular weight excluding hydrogens is 303 g/mol. The molecule has 0 bridgehead atoms. The van der Waals surface area contributed by atoms with Crippen LogP contribution in [0, 0.1) is 5.82 Å². The highest BCUT2D eigenvalue weighted by Gasteiger charge is 2.22. The minimum absolute atomic E-state index is 0. The molecule has 0 unspecified atom stereocenters. The van der Waals surface area contributed by atoms with Gasteiger partial charge in [-0.2, -0.15) is 0 Å². The summed E-state index contributed by atoms with van der Waals surface area (Å²) in [4.78, 5) is 0. The Hall–Kier alpha value is -1.88. The van der Waals surface area contributed by atoms with E-state index < -0.39 is 6.10 Å². The zero-order valence-corrected chi connectivity index (χ0v) is 12.7. The fraction of sp³-hybridized carbons (Fsp3) is 0.176. The van der Waals surface area contributed by atoms with Crippen LogP contribution >= 0.6 is 12.4 Å². The van der Waals surface area contributed by atoms with Gasteiger partial charge < -0.3 is 15.4 Å². The second-order valence-corrected chi connectivity index (χ2v) is 5.08. The number of hydrogen-bond acceptors (Lipinski definition) is 2. The molecule has 0 fully saturated rings. The average molecular weight is 321 g/mol. The first-order valence-corrected chi connectivity index (χ1v) is 6.90. The SMILES string of the molecule is Cl.NC[C@@H](O)[C@H](c1ccccc1)n1ccc2cc(F)ccc21. The summed E-state index contributed by atoms with van der Waals surface area (Å²) in [6, 6.07) is 15.9. The van der Waals surface area contributed by atoms with Gasteiger partial charge in [-0.1, -0.05) is 30.3 Å². The van der Waals surface area contributed by atoms with Crippen molar-refractivity contribution in [2.24, 2.45) is 5.73 Å². The van der Waals surface area contributed by atoms with Gasteiger partial charge in [0.25, 0.3) is 0 Å². The highest BCUT2D eigenvalue weighted by Crippen LogP contribution is 2.28. The minimum Gasteiger partial charge on any atom is -0.389 e. The predicted octanol–water partition coefficient (Wildman–Crippen LogP) is 3.11. The normalized spacial score (nSPS) is 13.6. The van der Waals surface area contributed by atoms with E-state index in [9.17, 15) is 9.50 Å². The van der Waals surface area contributed by atoms with Crippen molar-refractivity contribution in [2.45, 2.75) is 12.1 Å². The Kier molecular flexibility index (Phi) is 5.19. The van der Waals surface area contributed by atoms with Crippen LogP contribution in [0.3, 0.4) is 0 Å². The molecule has 3 aromatic rings. The summed E-state index contributed by atoms with van der Waals surface area (Å²) in [5.74, 6) is -0.268. The van der Waals surface area contributed by atoms with Crippen molar-refractivity contribution in [3.05, 3.63) is 72.2 Å². The van der Waals surface area contributed by atoms with E-state index in [1.165, 1.54) is 12.1 Å². The number of nitrogens with zero attached hydrogens (tertiary/aromatic N) is 1. The molecule has 116 valence electrons. The summed E-state index contributed by atoms with van der Waals surface area (Å²) in [5, 5.41) is 11.1. The molecular formula is C17H18ClFN2O. The summed E-state index contributed by atoms with van der Waals surface area (Å²) in [7, 11) is 0. The van der Waals surface area contributed by atoms with E-state index in [1.807, 2.05) is 47.2 Å². The van der Waals surface area contributed by atoms with Crippen LogP contribution in [0.1, 0.15) is 11.6 Å². The van der Waals surface area contributed by atoms with Gasteiger partial charge >= 0.3 is 0 Å². The molecule has 3 nitrogen and oxygen atoms in total. The summed E-state index contributed by atoms with van der Waals surface area (Å²) in [6.45, 7) is 0.153. The number of aromatic nitrogens is 1. The van der Waals surface area contributed by atoms with Gasteiger partial charge in [-0.15, -0.1) is 12.4 Å². The lowest BCUT2D eigenvalue weighted by Gasteiger charge is -2.25. The first-order chi connectivity index (χ1) is 10.2. The Balaban J connectivity index is 0.00000176. The summed E-state index contributed by atoms with van der Waals surface area (Å²) >= 11 is 0. The predicted molar refractivity (Wildman–Crippen MR) is 88.8 cm³/mol. The van der Waals surface area contributed by atoms with E-state index in [-0.39, 0.29) is 30.8 Å². The molecule has 1 heterocycles. The lowest BCUT2D eigenvalue weighted by atomic mass is 10.0. The fourth-order valence-corrected chi connectivity index (χ4v) is 2.72. The monoisotopic (exact) mass is 320 g/mol. The first-order valence-electron chi connectivity index (χ1n) is 6.90. The van der Waals surface area contributed by atoms with Crippen molar-refractivity contribution in [1.29, 1.82) is 0 Å². The molecule has 0 aliphatic rings. The number of hydrogen-bond donors (Lipinski definition) is 2. The van der Waals surface area contributed by atoms with Gasteiger partial charge in [0, 0.05) is 23.6 Å². The molecule has 2 atom stereocenters. The highest BCUT2D eigenvalue weighted by molar-refractivity contribution is 5.85. The van der Waals surface area contributed by atoms with Gasteiger partial charge in [-0.3, -0.25) is 0 Å². The summed E-state index contributed by atoms with van der Waals surface area (Å²) in [6.07, 6.45) is 1.15. The zero-order chi connectivity index (χ0) is 14.8. The van der Waals surface area contributed by atoms with Crippen LogP contribution in [-0.4, -0.2) is 22.3 Å². The maximum atomic E-state index is 13.3. The van der Waals surface area contributed by atoms with Gasteiger partial charge in [0.15, 0.2) is 0 Å². The summed E-state index contributed by atoms with van der Waals surface area (Å²) in [5.41, 5.74) is 7.50. The standard InChI is InChI=1S/C17H17FN2O.ClH/c18-14-6-7-15-13(10-14)8-9-20(15)17(16(21)11-19)12-4-2-1-3-5-12;/h1-10,16-17,21H,11,19H2;1H/t16-,17+;/m1./s1. The van der Waals surface area contributed by atoms with Crippen LogP contribution in [0.15, 0.2) is 60.8 Å². The number of aliphatic hydroxyl groups excluding tert-OH is 1. The van der Waals surface area contributed by atoms with E-state index in [0.717, 1.165) is 16.5 Å². The molecule has 22 heavy (non-hydrogen) atoms. The molecule has 0 aliphatic carbocycles. The topological polar surface area (TPSA) is 51.2 Å². The smallest absolute Gasteiger partial charge is 0.123 e. The van der Waals surface area contributed by atoms with E-state index in [2.05, 4.69) is 0 Å². The van der Waals surface area contributed by atoms with Gasteiger partial charge in [-0.25, -0.2) is 4.39 Å². The lowest BCUT2D eigenvalue weighted by Crippen LogP contribution is -2.31. The third-order valence-corrected chi connectivity index (χ3v) is 3.73. The summed E-state index contributed by atoms with van der Waals surface area (Å²) < 4.78 is 15.3. The second-order valence-electron chi connectivity index (χ2n) is 5.08. The molecule has 0 spiro atoms. The Morgan fingerprint density at radius 3 is 2.50 bits per heavy atom. The Bertz CT molecular complexity index is 745.